The van der Waals surface area contributed by atoms with Gasteiger partial charge in [0.2, 0.25) is 0 Å². The predicted octanol–water partition coefficient (Wildman–Crippen LogP) is 6.31. The number of aliphatic hydroxyl groups excluding tert-OH is 1. The Labute approximate surface area is 217 Å². The van der Waals surface area contributed by atoms with Gasteiger partial charge in [-0.1, -0.05) is 26.0 Å². The number of aliphatic hydroxyl groups is 1. The van der Waals surface area contributed by atoms with E-state index in [-0.39, 0.29) is 12.5 Å². The van der Waals surface area contributed by atoms with Crippen molar-refractivity contribution in [3.63, 3.8) is 0 Å². The molecule has 3 aliphatic carbocycles. The second-order valence-corrected chi connectivity index (χ2v) is 11.8. The first kappa shape index (κ1) is 29.3. The molecule has 0 aromatic heterocycles. The summed E-state index contributed by atoms with van der Waals surface area (Å²) >= 11 is 0. The molecule has 0 radical (unpaired) electrons. The van der Waals surface area contributed by atoms with E-state index < -0.39 is 52.4 Å². The number of fused-ring (bicyclic) bond motifs is 3. The molecule has 0 heterocycles. The van der Waals surface area contributed by atoms with Gasteiger partial charge in [0.05, 0.1) is 29.2 Å². The molecule has 0 aliphatic heterocycles. The van der Waals surface area contributed by atoms with Gasteiger partial charge in [0.1, 0.15) is 5.60 Å². The quantitative estimate of drug-likeness (QED) is 0.421. The summed E-state index contributed by atoms with van der Waals surface area (Å²) in [6, 6.07) is 4.68. The molecule has 9 heteroatoms. The zero-order chi connectivity index (χ0) is 27.8. The number of carbonyl (C=O) groups is 2. The molecular formula is C28H40F3NO5. The summed E-state index contributed by atoms with van der Waals surface area (Å²) in [6.45, 7) is 11.6. The summed E-state index contributed by atoms with van der Waals surface area (Å²) in [7, 11) is 0. The molecule has 208 valence electrons. The van der Waals surface area contributed by atoms with Gasteiger partial charge in [0, 0.05) is 12.5 Å². The van der Waals surface area contributed by atoms with E-state index >= 15 is 0 Å². The molecule has 3 fully saturated rings. The summed E-state index contributed by atoms with van der Waals surface area (Å²) in [6.07, 6.45) is -4.18. The molecule has 6 nitrogen and oxygen atoms in total. The van der Waals surface area contributed by atoms with Crippen LogP contribution in [-0.2, 0) is 20.4 Å². The zero-order valence-electron chi connectivity index (χ0n) is 22.7. The van der Waals surface area contributed by atoms with Gasteiger partial charge in [-0.3, -0.25) is 4.79 Å². The Bertz CT molecular complexity index is 960. The molecule has 3 aliphatic rings. The fourth-order valence-corrected chi connectivity index (χ4v) is 5.96. The van der Waals surface area contributed by atoms with E-state index in [1.165, 1.54) is 12.1 Å². The molecule has 0 unspecified atom stereocenters. The SMILES string of the molecule is CCOC(=O)C12CCC(N(CCC(C)C)C(=O)OC(C)(C)C)(CC1)[C@@H](c1ccc(C(F)(F)F)cc1)[C@@H]2O. The average molecular weight is 528 g/mol. The lowest BCUT2D eigenvalue weighted by molar-refractivity contribution is -0.191. The van der Waals surface area contributed by atoms with Crippen LogP contribution in [0.1, 0.15) is 90.7 Å². The van der Waals surface area contributed by atoms with E-state index in [1.807, 2.05) is 13.8 Å². The average Bonchev–Trinajstić information content (AvgIpc) is 2.78. The van der Waals surface area contributed by atoms with Crippen molar-refractivity contribution in [3.8, 4) is 0 Å². The fraction of sp³-hybridized carbons (Fsp3) is 0.714. The van der Waals surface area contributed by atoms with Crippen molar-refractivity contribution in [3.05, 3.63) is 35.4 Å². The number of hydrogen-bond acceptors (Lipinski definition) is 5. The number of nitrogens with zero attached hydrogens (tertiary/aromatic N) is 1. The van der Waals surface area contributed by atoms with Gasteiger partial charge in [0.15, 0.2) is 0 Å². The third-order valence-corrected chi connectivity index (χ3v) is 7.83. The van der Waals surface area contributed by atoms with Crippen molar-refractivity contribution in [1.82, 2.24) is 4.90 Å². The van der Waals surface area contributed by atoms with E-state index in [0.717, 1.165) is 12.1 Å². The van der Waals surface area contributed by atoms with E-state index in [0.29, 0.717) is 44.2 Å². The van der Waals surface area contributed by atoms with E-state index in [2.05, 4.69) is 0 Å². The van der Waals surface area contributed by atoms with E-state index in [4.69, 9.17) is 9.47 Å². The highest BCUT2D eigenvalue weighted by Gasteiger charge is 2.66. The molecule has 3 saturated carbocycles. The standard InChI is InChI=1S/C28H40F3NO5/c1-7-36-23(34)26-13-15-27(16-14-26,32(17-12-18(2)3)24(35)37-25(4,5)6)21(22(26)33)19-8-10-20(11-9-19)28(29,30)31/h8-11,18,21-22,33H,7,12-17H2,1-6H3/t21-,22-,26?,27?/m0/s1. The Morgan fingerprint density at radius 2 is 1.65 bits per heavy atom. The lowest BCUT2D eigenvalue weighted by Gasteiger charge is -2.62. The second-order valence-electron chi connectivity index (χ2n) is 11.8. The highest BCUT2D eigenvalue weighted by Crippen LogP contribution is 2.61. The molecule has 1 N–H and O–H groups in total. The van der Waals surface area contributed by atoms with Crippen LogP contribution in [0.2, 0.25) is 0 Å². The van der Waals surface area contributed by atoms with Gasteiger partial charge in [-0.25, -0.2) is 4.79 Å². The molecule has 4 rings (SSSR count). The summed E-state index contributed by atoms with van der Waals surface area (Å²) in [5.74, 6) is -1.01. The van der Waals surface area contributed by atoms with E-state index in [1.54, 1.807) is 32.6 Å². The Morgan fingerprint density at radius 1 is 1.08 bits per heavy atom. The van der Waals surface area contributed by atoms with Crippen LogP contribution in [0.3, 0.4) is 0 Å². The minimum Gasteiger partial charge on any atom is -0.465 e. The van der Waals surface area contributed by atoms with Crippen molar-refractivity contribution in [2.45, 2.75) is 103 Å². The monoisotopic (exact) mass is 527 g/mol. The fourth-order valence-electron chi connectivity index (χ4n) is 5.96. The van der Waals surface area contributed by atoms with Crippen LogP contribution in [0.5, 0.6) is 0 Å². The van der Waals surface area contributed by atoms with Crippen molar-refractivity contribution >= 4 is 12.1 Å². The Balaban J connectivity index is 2.14. The second kappa shape index (κ2) is 10.5. The summed E-state index contributed by atoms with van der Waals surface area (Å²) in [5, 5.41) is 11.8. The first-order valence-electron chi connectivity index (χ1n) is 13.1. The Kier molecular flexibility index (Phi) is 8.28. The molecule has 2 bridgehead atoms. The minimum absolute atomic E-state index is 0.155. The van der Waals surface area contributed by atoms with Gasteiger partial charge in [-0.2, -0.15) is 13.2 Å². The zero-order valence-corrected chi connectivity index (χ0v) is 22.7. The number of esters is 1. The molecule has 0 spiro atoms. The topological polar surface area (TPSA) is 76.1 Å². The van der Waals surface area contributed by atoms with Crippen LogP contribution < -0.4 is 0 Å². The smallest absolute Gasteiger partial charge is 0.416 e. The Morgan fingerprint density at radius 3 is 2.11 bits per heavy atom. The molecule has 1 aromatic rings. The Hall–Kier alpha value is -2.29. The number of carbonyl (C=O) groups excluding carboxylic acids is 2. The summed E-state index contributed by atoms with van der Waals surface area (Å²) in [4.78, 5) is 28.4. The maximum atomic E-state index is 13.6. The van der Waals surface area contributed by atoms with Crippen LogP contribution in [0.15, 0.2) is 24.3 Å². The summed E-state index contributed by atoms with van der Waals surface area (Å²) in [5.41, 5.74) is -3.21. The lowest BCUT2D eigenvalue weighted by atomic mass is 9.49. The minimum atomic E-state index is -4.51. The van der Waals surface area contributed by atoms with Gasteiger partial charge in [0.25, 0.3) is 0 Å². The molecule has 2 atom stereocenters. The van der Waals surface area contributed by atoms with E-state index in [9.17, 15) is 27.9 Å². The number of amides is 1. The highest BCUT2D eigenvalue weighted by molar-refractivity contribution is 5.79. The third-order valence-electron chi connectivity index (χ3n) is 7.83. The first-order chi connectivity index (χ1) is 17.1. The van der Waals surface area contributed by atoms with Crippen molar-refractivity contribution < 1.29 is 37.3 Å². The largest absolute Gasteiger partial charge is 0.465 e. The number of rotatable bonds is 7. The predicted molar refractivity (Wildman–Crippen MR) is 133 cm³/mol. The van der Waals surface area contributed by atoms with Crippen molar-refractivity contribution in [1.29, 1.82) is 0 Å². The number of benzene rings is 1. The van der Waals surface area contributed by atoms with Crippen molar-refractivity contribution in [2.75, 3.05) is 13.2 Å². The molecule has 1 aromatic carbocycles. The highest BCUT2D eigenvalue weighted by atomic mass is 19.4. The maximum Gasteiger partial charge on any atom is 0.416 e. The lowest BCUT2D eigenvalue weighted by Crippen LogP contribution is -2.69. The summed E-state index contributed by atoms with van der Waals surface area (Å²) < 4.78 is 51.0. The van der Waals surface area contributed by atoms with Gasteiger partial charge in [-0.15, -0.1) is 0 Å². The van der Waals surface area contributed by atoms with Crippen LogP contribution in [0.25, 0.3) is 0 Å². The number of halogens is 3. The van der Waals surface area contributed by atoms with Crippen LogP contribution >= 0.6 is 0 Å². The molecular weight excluding hydrogens is 487 g/mol. The van der Waals surface area contributed by atoms with Gasteiger partial charge < -0.3 is 19.5 Å². The van der Waals surface area contributed by atoms with Gasteiger partial charge in [-0.05, 0) is 83.4 Å². The van der Waals surface area contributed by atoms with Crippen LogP contribution in [0, 0.1) is 11.3 Å². The molecule has 1 amide bonds. The number of alkyl halides is 3. The van der Waals surface area contributed by atoms with Crippen molar-refractivity contribution in [2.24, 2.45) is 11.3 Å². The normalized spacial score (nSPS) is 27.8. The first-order valence-corrected chi connectivity index (χ1v) is 13.1. The number of ether oxygens (including phenoxy) is 2. The number of hydrogen-bond donors (Lipinski definition) is 1. The maximum absolute atomic E-state index is 13.6. The molecule has 37 heavy (non-hydrogen) atoms. The van der Waals surface area contributed by atoms with Crippen LogP contribution in [-0.4, -0.2) is 52.5 Å². The molecule has 0 saturated heterocycles. The third kappa shape index (κ3) is 5.76. The van der Waals surface area contributed by atoms with Gasteiger partial charge >= 0.3 is 18.2 Å². The van der Waals surface area contributed by atoms with Crippen LogP contribution in [0.4, 0.5) is 18.0 Å².